The van der Waals surface area contributed by atoms with Gasteiger partial charge in [0, 0.05) is 109 Å². The molecule has 2 unspecified atom stereocenters. The Morgan fingerprint density at radius 2 is 1.40 bits per heavy atom. The maximum absolute atomic E-state index is 14.9. The van der Waals surface area contributed by atoms with Gasteiger partial charge in [0.1, 0.15) is 12.4 Å². The Morgan fingerprint density at radius 1 is 0.742 bits per heavy atom. The summed E-state index contributed by atoms with van der Waals surface area (Å²) in [7, 11) is 6.25. The van der Waals surface area contributed by atoms with E-state index in [4.69, 9.17) is 19.9 Å². The summed E-state index contributed by atoms with van der Waals surface area (Å²) in [5, 5.41) is 27.7. The number of nitrogens with zero attached hydrogens (tertiary/aromatic N) is 4. The van der Waals surface area contributed by atoms with Crippen molar-refractivity contribution in [2.24, 2.45) is 47.2 Å². The van der Waals surface area contributed by atoms with Crippen molar-refractivity contribution in [1.29, 1.82) is 0 Å². The fourth-order valence-corrected chi connectivity index (χ4v) is 13.8. The SMILES string of the molecule is CC[C@H](C)[C@@H]([C@@H](CC(=O)N1CCC[C@H]1[C@H](CO)[C@@H](C)C(=O)N[C@H](C)[C@@H](O)c1ccccc1)OC)N(C)C(=O)[C@@H](CC(=O)C(C(C)C)N(C)C(=O)OCc1ccc(CC(=O)[C@H](CCCCN)NC(=O)[C@@H](CC(=O)CCCCCN2C(=O)C=CC2OC)Cc2ccccc2)cc1)C(C)C. The fraction of sp³-hybridized carbons (Fsp3) is 0.618. The number of hydrogen-bond acceptors (Lipinski definition) is 15. The molecule has 2 aliphatic rings. The van der Waals surface area contributed by atoms with Crippen LogP contribution in [0.4, 0.5) is 4.79 Å². The molecule has 2 heterocycles. The number of carbonyl (C=O) groups excluding carboxylic acids is 9. The number of rotatable bonds is 43. The van der Waals surface area contributed by atoms with Crippen LogP contribution in [0.3, 0.4) is 0 Å². The van der Waals surface area contributed by atoms with Gasteiger partial charge in [-0.1, -0.05) is 146 Å². The van der Waals surface area contributed by atoms with Gasteiger partial charge in [0.2, 0.25) is 29.5 Å². The van der Waals surface area contributed by atoms with Gasteiger partial charge in [-0.2, -0.15) is 0 Å². The Labute approximate surface area is 576 Å². The van der Waals surface area contributed by atoms with E-state index in [1.165, 1.54) is 25.1 Å². The molecule has 13 atom stereocenters. The number of ether oxygens (including phenoxy) is 3. The van der Waals surface area contributed by atoms with Crippen LogP contribution in [0.2, 0.25) is 0 Å². The van der Waals surface area contributed by atoms with E-state index in [2.05, 4.69) is 10.6 Å². The zero-order chi connectivity index (χ0) is 71.5. The molecule has 0 bridgehead atoms. The summed E-state index contributed by atoms with van der Waals surface area (Å²) in [4.78, 5) is 132. The highest BCUT2D eigenvalue weighted by Gasteiger charge is 2.44. The summed E-state index contributed by atoms with van der Waals surface area (Å²) in [6.45, 7) is 15.7. The number of likely N-dealkylation sites (tertiary alicyclic amines) is 1. The number of Topliss-reactive ketones (excluding diaryl/α,β-unsaturated/α-hetero) is 3. The van der Waals surface area contributed by atoms with Crippen LogP contribution in [0, 0.1) is 41.4 Å². The van der Waals surface area contributed by atoms with Crippen molar-refractivity contribution in [2.75, 3.05) is 54.6 Å². The molecule has 6 amide bonds. The molecule has 0 saturated carbocycles. The minimum atomic E-state index is -0.949. The molecule has 5 rings (SSSR count). The molecule has 3 aromatic carbocycles. The second-order valence-electron chi connectivity index (χ2n) is 27.5. The molecule has 21 heteroatoms. The largest absolute Gasteiger partial charge is 0.445 e. The van der Waals surface area contributed by atoms with Gasteiger partial charge in [-0.25, -0.2) is 4.79 Å². The molecule has 21 nitrogen and oxygen atoms in total. The van der Waals surface area contributed by atoms with Gasteiger partial charge in [0.25, 0.3) is 0 Å². The van der Waals surface area contributed by atoms with Crippen LogP contribution in [0.1, 0.15) is 167 Å². The average molecular weight is 1350 g/mol. The number of hydrogen-bond donors (Lipinski definition) is 5. The molecule has 536 valence electrons. The predicted octanol–water partition coefficient (Wildman–Crippen LogP) is 8.74. The van der Waals surface area contributed by atoms with E-state index in [9.17, 15) is 53.4 Å². The van der Waals surface area contributed by atoms with Gasteiger partial charge >= 0.3 is 6.09 Å². The molecule has 6 N–H and O–H groups in total. The Hall–Kier alpha value is -7.17. The highest BCUT2D eigenvalue weighted by molar-refractivity contribution is 5.94. The standard InChI is InChI=1S/C76H113N7O14/c1-13-51(6)71(66(95-11)46-68(89)82-41-25-32-63(82)61(47-84)52(7)73(91)78-53(8)72(90)57-28-19-15-20-29-57)80(9)75(93)60(49(2)3)45-65(87)70(50(4)5)81(10)76(94)97-48-56-35-33-55(34-36-56)43-64(86)62(31-22-23-39-77)79-74(92)58(42-54-26-17-14-18-27-54)44-59(85)30-21-16-24-40-83-67(88)37-38-69(83)96-12/h14-15,17-20,26-29,33-38,49-53,58,60-63,66,69-72,84,90H,13,16,21-25,30-32,39-48,77H2,1-12H3,(H,78,91)(H,79,92)/t51-,52+,53+,58+,60-,61+,62-,63-,66+,69?,70?,71-,72+/m0/s1. The quantitative estimate of drug-likeness (QED) is 0.0331. The van der Waals surface area contributed by atoms with Gasteiger partial charge in [0.05, 0.1) is 42.8 Å². The number of methoxy groups -OCH3 is 2. The number of aliphatic hydroxyl groups is 2. The van der Waals surface area contributed by atoms with Gasteiger partial charge in [-0.05, 0) is 111 Å². The number of aliphatic hydroxyl groups excluding tert-OH is 2. The molecule has 0 aliphatic carbocycles. The Kier molecular flexibility index (Phi) is 33.7. The fourth-order valence-electron chi connectivity index (χ4n) is 13.8. The molecule has 1 saturated heterocycles. The summed E-state index contributed by atoms with van der Waals surface area (Å²) in [5.41, 5.74) is 8.69. The lowest BCUT2D eigenvalue weighted by Gasteiger charge is -2.41. The van der Waals surface area contributed by atoms with Crippen molar-refractivity contribution in [3.8, 4) is 0 Å². The lowest BCUT2D eigenvalue weighted by atomic mass is 9.83. The Morgan fingerprint density at radius 3 is 2.01 bits per heavy atom. The molecule has 2 aliphatic heterocycles. The highest BCUT2D eigenvalue weighted by Crippen LogP contribution is 2.33. The summed E-state index contributed by atoms with van der Waals surface area (Å²) in [6, 6.07) is 22.1. The maximum atomic E-state index is 14.9. The number of unbranched alkanes of at least 4 members (excludes halogenated alkanes) is 3. The zero-order valence-corrected chi connectivity index (χ0v) is 59.7. The molecule has 97 heavy (non-hydrogen) atoms. The van der Waals surface area contributed by atoms with Crippen LogP contribution in [0.5, 0.6) is 0 Å². The first-order valence-corrected chi connectivity index (χ1v) is 35.1. The average Bonchev–Trinajstić information content (AvgIpc) is 1.79. The van der Waals surface area contributed by atoms with Gasteiger partial charge in [0.15, 0.2) is 17.8 Å². The molecule has 3 aromatic rings. The number of nitrogens with two attached hydrogens (primary N) is 1. The molecule has 0 radical (unpaired) electrons. The Balaban J connectivity index is 1.18. The minimum Gasteiger partial charge on any atom is -0.445 e. The van der Waals surface area contributed by atoms with E-state index in [0.717, 1.165) is 12.0 Å². The first kappa shape index (κ1) is 80.5. The smallest absolute Gasteiger partial charge is 0.410 e. The van der Waals surface area contributed by atoms with E-state index in [1.54, 1.807) is 85.2 Å². The third-order valence-corrected chi connectivity index (χ3v) is 19.8. The van der Waals surface area contributed by atoms with Gasteiger partial charge < -0.3 is 60.4 Å². The maximum Gasteiger partial charge on any atom is 0.410 e. The lowest BCUT2D eigenvalue weighted by molar-refractivity contribution is -0.148. The monoisotopic (exact) mass is 1350 g/mol. The molecular formula is C76H113N7O14. The first-order valence-electron chi connectivity index (χ1n) is 35.1. The van der Waals surface area contributed by atoms with Crippen molar-refractivity contribution < 1.29 is 67.6 Å². The highest BCUT2D eigenvalue weighted by atomic mass is 16.6. The molecule has 0 spiro atoms. The summed E-state index contributed by atoms with van der Waals surface area (Å²) >= 11 is 0. The summed E-state index contributed by atoms with van der Waals surface area (Å²) < 4.78 is 17.3. The molecule has 1 fully saturated rings. The second kappa shape index (κ2) is 40.7. The van der Waals surface area contributed by atoms with Crippen LogP contribution in [0.15, 0.2) is 97.1 Å². The summed E-state index contributed by atoms with van der Waals surface area (Å²) in [5.74, 6) is -5.56. The van der Waals surface area contributed by atoms with Gasteiger partial charge in [-0.3, -0.25) is 38.4 Å². The summed E-state index contributed by atoms with van der Waals surface area (Å²) in [6.07, 6.45) is 6.24. The van der Waals surface area contributed by atoms with E-state index < -0.39 is 72.2 Å². The predicted molar refractivity (Wildman–Crippen MR) is 373 cm³/mol. The third kappa shape index (κ3) is 23.8. The van der Waals surface area contributed by atoms with Crippen LogP contribution in [-0.2, 0) is 72.0 Å². The Bertz CT molecular complexity index is 3020. The van der Waals surface area contributed by atoms with Crippen molar-refractivity contribution >= 4 is 53.0 Å². The lowest BCUT2D eigenvalue weighted by Crippen LogP contribution is -2.54. The second-order valence-corrected chi connectivity index (χ2v) is 27.5. The van der Waals surface area contributed by atoms with Crippen LogP contribution in [-0.4, -0.2) is 180 Å². The zero-order valence-electron chi connectivity index (χ0n) is 59.7. The number of amides is 6. The normalized spacial score (nSPS) is 18.1. The number of benzene rings is 3. The van der Waals surface area contributed by atoms with Crippen LogP contribution < -0.4 is 16.4 Å². The van der Waals surface area contributed by atoms with Crippen molar-refractivity contribution in [3.05, 3.63) is 119 Å². The third-order valence-electron chi connectivity index (χ3n) is 19.8. The number of carbonyl (C=O) groups is 9. The van der Waals surface area contributed by atoms with E-state index in [1.807, 2.05) is 90.1 Å². The van der Waals surface area contributed by atoms with E-state index in [0.29, 0.717) is 94.1 Å². The first-order chi connectivity index (χ1) is 46.3. The van der Waals surface area contributed by atoms with Crippen LogP contribution in [0.25, 0.3) is 0 Å². The van der Waals surface area contributed by atoms with E-state index in [-0.39, 0.29) is 116 Å². The number of nitrogens with one attached hydrogen (secondary N) is 2. The molecular weight excluding hydrogens is 1230 g/mol. The number of likely N-dealkylation sites (N-methyl/N-ethyl adjacent to an activating group) is 2. The molecule has 0 aromatic heterocycles. The topological polar surface area (TPSA) is 285 Å². The van der Waals surface area contributed by atoms with Crippen LogP contribution >= 0.6 is 0 Å². The van der Waals surface area contributed by atoms with Crippen molar-refractivity contribution in [3.63, 3.8) is 0 Å². The van der Waals surface area contributed by atoms with Crippen molar-refractivity contribution in [2.45, 2.75) is 207 Å². The van der Waals surface area contributed by atoms with Crippen molar-refractivity contribution in [1.82, 2.24) is 30.2 Å². The van der Waals surface area contributed by atoms with Gasteiger partial charge in [-0.15, -0.1) is 0 Å². The minimum absolute atomic E-state index is 0.000843. The number of ketones is 3. The van der Waals surface area contributed by atoms with E-state index >= 15 is 0 Å².